The van der Waals surface area contributed by atoms with E-state index >= 15 is 0 Å². The van der Waals surface area contributed by atoms with Crippen molar-refractivity contribution in [3.8, 4) is 0 Å². The summed E-state index contributed by atoms with van der Waals surface area (Å²) < 4.78 is 4.23. The number of carbonyl (C=O) groups excluding carboxylic acids is 2. The van der Waals surface area contributed by atoms with E-state index in [0.717, 1.165) is 0 Å². The Kier molecular flexibility index (Phi) is 5.25. The summed E-state index contributed by atoms with van der Waals surface area (Å²) in [4.78, 5) is 21.6. The number of esters is 2. The molecule has 0 heterocycles. The van der Waals surface area contributed by atoms with Crippen molar-refractivity contribution in [2.24, 2.45) is 5.92 Å². The lowest BCUT2D eigenvalue weighted by Gasteiger charge is -2.07. The first-order valence-electron chi connectivity index (χ1n) is 4.00. The molecule has 13 heavy (non-hydrogen) atoms. The summed E-state index contributed by atoms with van der Waals surface area (Å²) >= 11 is 0. The third kappa shape index (κ3) is 5.32. The molecule has 0 bridgehead atoms. The van der Waals surface area contributed by atoms with Crippen LogP contribution < -0.4 is 0 Å². The molecule has 0 spiro atoms. The highest BCUT2D eigenvalue weighted by Gasteiger charge is 2.19. The van der Waals surface area contributed by atoms with Crippen LogP contribution in [0.4, 0.5) is 0 Å². The molecule has 0 radical (unpaired) electrons. The minimum absolute atomic E-state index is 0.0894. The molecule has 5 heteroatoms. The zero-order valence-electron chi connectivity index (χ0n) is 7.69. The SMILES string of the molecule is CC(C)CC(=O)OC(=O)C(O)CO. The lowest BCUT2D eigenvalue weighted by molar-refractivity contribution is -0.167. The number of hydrogen-bond acceptors (Lipinski definition) is 5. The van der Waals surface area contributed by atoms with Gasteiger partial charge in [-0.1, -0.05) is 13.8 Å². The molecule has 5 nitrogen and oxygen atoms in total. The largest absolute Gasteiger partial charge is 0.393 e. The minimum Gasteiger partial charge on any atom is -0.393 e. The lowest BCUT2D eigenvalue weighted by atomic mass is 10.1. The zero-order chi connectivity index (χ0) is 10.4. The van der Waals surface area contributed by atoms with Gasteiger partial charge in [-0.2, -0.15) is 0 Å². The first-order valence-corrected chi connectivity index (χ1v) is 4.00. The molecule has 0 aromatic carbocycles. The average molecular weight is 190 g/mol. The van der Waals surface area contributed by atoms with Crippen LogP contribution in [-0.2, 0) is 14.3 Å². The number of carbonyl (C=O) groups is 2. The van der Waals surface area contributed by atoms with Gasteiger partial charge in [0.1, 0.15) is 0 Å². The number of aliphatic hydroxyl groups excluding tert-OH is 2. The van der Waals surface area contributed by atoms with Crippen molar-refractivity contribution in [2.75, 3.05) is 6.61 Å². The fraction of sp³-hybridized carbons (Fsp3) is 0.750. The quantitative estimate of drug-likeness (QED) is 0.459. The highest BCUT2D eigenvalue weighted by atomic mass is 16.6. The Morgan fingerprint density at radius 2 is 1.92 bits per heavy atom. The molecule has 0 rings (SSSR count). The third-order valence-corrected chi connectivity index (χ3v) is 1.23. The molecule has 0 aliphatic carbocycles. The fourth-order valence-corrected chi connectivity index (χ4v) is 0.630. The Morgan fingerprint density at radius 1 is 1.38 bits per heavy atom. The van der Waals surface area contributed by atoms with Crippen molar-refractivity contribution in [2.45, 2.75) is 26.4 Å². The van der Waals surface area contributed by atoms with Gasteiger partial charge < -0.3 is 14.9 Å². The van der Waals surface area contributed by atoms with Gasteiger partial charge >= 0.3 is 11.9 Å². The Balaban J connectivity index is 3.85. The van der Waals surface area contributed by atoms with E-state index in [0.29, 0.717) is 0 Å². The highest BCUT2D eigenvalue weighted by molar-refractivity contribution is 5.87. The molecule has 0 amide bonds. The van der Waals surface area contributed by atoms with Crippen molar-refractivity contribution in [3.63, 3.8) is 0 Å². The molecule has 0 aromatic heterocycles. The molecule has 1 unspecified atom stereocenters. The summed E-state index contributed by atoms with van der Waals surface area (Å²) in [6, 6.07) is 0. The van der Waals surface area contributed by atoms with E-state index in [1.165, 1.54) is 0 Å². The Morgan fingerprint density at radius 3 is 2.31 bits per heavy atom. The summed E-state index contributed by atoms with van der Waals surface area (Å²) in [6.45, 7) is 2.86. The second kappa shape index (κ2) is 5.66. The van der Waals surface area contributed by atoms with Crippen LogP contribution in [0.1, 0.15) is 20.3 Å². The Labute approximate surface area is 76.3 Å². The zero-order valence-corrected chi connectivity index (χ0v) is 7.69. The van der Waals surface area contributed by atoms with Gasteiger partial charge in [0.2, 0.25) is 0 Å². The van der Waals surface area contributed by atoms with Crippen LogP contribution in [0.5, 0.6) is 0 Å². The maximum atomic E-state index is 10.8. The second-order valence-corrected chi connectivity index (χ2v) is 3.09. The van der Waals surface area contributed by atoms with Gasteiger partial charge in [-0.15, -0.1) is 0 Å². The predicted octanol–water partition coefficient (Wildman–Crippen LogP) is -0.545. The van der Waals surface area contributed by atoms with Gasteiger partial charge in [0.05, 0.1) is 6.61 Å². The van der Waals surface area contributed by atoms with E-state index in [9.17, 15) is 9.59 Å². The number of ether oxygens (including phenoxy) is 1. The van der Waals surface area contributed by atoms with E-state index in [4.69, 9.17) is 10.2 Å². The minimum atomic E-state index is -1.63. The summed E-state index contributed by atoms with van der Waals surface area (Å²) in [5.41, 5.74) is 0. The van der Waals surface area contributed by atoms with Crippen LogP contribution in [0.2, 0.25) is 0 Å². The molecule has 76 valence electrons. The van der Waals surface area contributed by atoms with Crippen molar-refractivity contribution in [1.82, 2.24) is 0 Å². The number of aliphatic hydroxyl groups is 2. The number of hydrogen-bond donors (Lipinski definition) is 2. The molecule has 0 aliphatic rings. The van der Waals surface area contributed by atoms with E-state index in [1.54, 1.807) is 13.8 Å². The normalized spacial score (nSPS) is 12.7. The smallest absolute Gasteiger partial charge is 0.345 e. The van der Waals surface area contributed by atoms with Crippen LogP contribution in [-0.4, -0.2) is 34.9 Å². The highest BCUT2D eigenvalue weighted by Crippen LogP contribution is 2.01. The van der Waals surface area contributed by atoms with Crippen molar-refractivity contribution >= 4 is 11.9 Å². The molecule has 0 aliphatic heterocycles. The van der Waals surface area contributed by atoms with Gasteiger partial charge in [0, 0.05) is 6.42 Å². The molecular formula is C8H14O5. The summed E-state index contributed by atoms with van der Waals surface area (Å²) in [5, 5.41) is 17.1. The van der Waals surface area contributed by atoms with E-state index in [1.807, 2.05) is 0 Å². The van der Waals surface area contributed by atoms with Crippen molar-refractivity contribution < 1.29 is 24.5 Å². The monoisotopic (exact) mass is 190 g/mol. The van der Waals surface area contributed by atoms with Crippen LogP contribution in [0, 0.1) is 5.92 Å². The topological polar surface area (TPSA) is 83.8 Å². The van der Waals surface area contributed by atoms with E-state index < -0.39 is 24.6 Å². The van der Waals surface area contributed by atoms with E-state index in [-0.39, 0.29) is 12.3 Å². The summed E-state index contributed by atoms with van der Waals surface area (Å²) in [7, 11) is 0. The first-order chi connectivity index (χ1) is 5.97. The van der Waals surface area contributed by atoms with Gasteiger partial charge in [0.25, 0.3) is 0 Å². The molecule has 0 aromatic rings. The maximum absolute atomic E-state index is 10.8. The Bertz CT molecular complexity index is 187. The van der Waals surface area contributed by atoms with E-state index in [2.05, 4.69) is 4.74 Å². The summed E-state index contributed by atoms with van der Waals surface area (Å²) in [6.07, 6.45) is -1.51. The van der Waals surface area contributed by atoms with Gasteiger partial charge in [-0.25, -0.2) is 4.79 Å². The summed E-state index contributed by atoms with van der Waals surface area (Å²) in [5.74, 6) is -1.70. The molecule has 0 saturated carbocycles. The van der Waals surface area contributed by atoms with Gasteiger partial charge in [0.15, 0.2) is 6.10 Å². The average Bonchev–Trinajstić information content (AvgIpc) is 2.01. The third-order valence-electron chi connectivity index (χ3n) is 1.23. The maximum Gasteiger partial charge on any atom is 0.345 e. The molecular weight excluding hydrogens is 176 g/mol. The molecule has 2 N–H and O–H groups in total. The second-order valence-electron chi connectivity index (χ2n) is 3.09. The molecule has 1 atom stereocenters. The van der Waals surface area contributed by atoms with Gasteiger partial charge in [-0.3, -0.25) is 4.79 Å². The molecule has 0 fully saturated rings. The van der Waals surface area contributed by atoms with Crippen LogP contribution in [0.25, 0.3) is 0 Å². The molecule has 0 saturated heterocycles. The van der Waals surface area contributed by atoms with Crippen molar-refractivity contribution in [3.05, 3.63) is 0 Å². The first kappa shape index (κ1) is 12.1. The van der Waals surface area contributed by atoms with Crippen LogP contribution in [0.3, 0.4) is 0 Å². The van der Waals surface area contributed by atoms with Crippen LogP contribution >= 0.6 is 0 Å². The van der Waals surface area contributed by atoms with Crippen LogP contribution in [0.15, 0.2) is 0 Å². The lowest BCUT2D eigenvalue weighted by Crippen LogP contribution is -2.29. The standard InChI is InChI=1S/C8H14O5/c1-5(2)3-7(11)13-8(12)6(10)4-9/h5-6,9-10H,3-4H2,1-2H3. The number of rotatable bonds is 4. The van der Waals surface area contributed by atoms with Crippen molar-refractivity contribution in [1.29, 1.82) is 0 Å². The predicted molar refractivity (Wildman–Crippen MR) is 43.6 cm³/mol. The Hall–Kier alpha value is -0.940. The fourth-order valence-electron chi connectivity index (χ4n) is 0.630. The van der Waals surface area contributed by atoms with Gasteiger partial charge in [-0.05, 0) is 5.92 Å².